The summed E-state index contributed by atoms with van der Waals surface area (Å²) in [5, 5.41) is 6.81. The summed E-state index contributed by atoms with van der Waals surface area (Å²) in [6.45, 7) is 9.11. The molecule has 106 valence electrons. The standard InChI is InChI=1S/C16H26N2O/c1-3-13(2)15-6-4-14(5-7-15)10-18-12-16-11-17-8-9-19-16/h4-7,13,16-18H,3,8-12H2,1-2H3. The van der Waals surface area contributed by atoms with Crippen LogP contribution in [0.25, 0.3) is 0 Å². The van der Waals surface area contributed by atoms with Crippen LogP contribution < -0.4 is 10.6 Å². The van der Waals surface area contributed by atoms with Crippen molar-refractivity contribution in [2.75, 3.05) is 26.2 Å². The Kier molecular flexibility index (Phi) is 5.83. The van der Waals surface area contributed by atoms with Gasteiger partial charge in [-0.25, -0.2) is 0 Å². The Hall–Kier alpha value is -0.900. The lowest BCUT2D eigenvalue weighted by Crippen LogP contribution is -2.43. The normalized spacial score (nSPS) is 21.3. The molecule has 1 heterocycles. The fourth-order valence-corrected chi connectivity index (χ4v) is 2.33. The molecule has 1 aliphatic rings. The summed E-state index contributed by atoms with van der Waals surface area (Å²) in [6.07, 6.45) is 1.51. The summed E-state index contributed by atoms with van der Waals surface area (Å²) in [5.41, 5.74) is 2.78. The van der Waals surface area contributed by atoms with E-state index in [-0.39, 0.29) is 0 Å². The second-order valence-electron chi connectivity index (χ2n) is 5.38. The van der Waals surface area contributed by atoms with Gasteiger partial charge in [0.1, 0.15) is 0 Å². The SMILES string of the molecule is CCC(C)c1ccc(CNCC2CNCCO2)cc1. The molecule has 1 saturated heterocycles. The summed E-state index contributed by atoms with van der Waals surface area (Å²) in [4.78, 5) is 0. The highest BCUT2D eigenvalue weighted by atomic mass is 16.5. The Bertz CT molecular complexity index is 358. The number of morpholine rings is 1. The van der Waals surface area contributed by atoms with Gasteiger partial charge < -0.3 is 15.4 Å². The first-order valence-electron chi connectivity index (χ1n) is 7.41. The Morgan fingerprint density at radius 2 is 2.16 bits per heavy atom. The average Bonchev–Trinajstić information content (AvgIpc) is 2.48. The van der Waals surface area contributed by atoms with Crippen molar-refractivity contribution in [2.24, 2.45) is 0 Å². The van der Waals surface area contributed by atoms with E-state index < -0.39 is 0 Å². The molecule has 3 heteroatoms. The molecule has 2 unspecified atom stereocenters. The molecular weight excluding hydrogens is 236 g/mol. The van der Waals surface area contributed by atoms with Crippen LogP contribution in [0.4, 0.5) is 0 Å². The van der Waals surface area contributed by atoms with Gasteiger partial charge in [0.15, 0.2) is 0 Å². The Labute approximate surface area is 116 Å². The predicted octanol–water partition coefficient (Wildman–Crippen LogP) is 2.28. The van der Waals surface area contributed by atoms with Gasteiger partial charge in [-0.05, 0) is 23.5 Å². The maximum Gasteiger partial charge on any atom is 0.0824 e. The molecule has 2 N–H and O–H groups in total. The van der Waals surface area contributed by atoms with Crippen LogP contribution in [0.15, 0.2) is 24.3 Å². The van der Waals surface area contributed by atoms with Crippen molar-refractivity contribution in [3.05, 3.63) is 35.4 Å². The lowest BCUT2D eigenvalue weighted by Gasteiger charge is -2.23. The highest BCUT2D eigenvalue weighted by molar-refractivity contribution is 5.24. The molecule has 0 aromatic heterocycles. The van der Waals surface area contributed by atoms with E-state index in [0.717, 1.165) is 32.8 Å². The van der Waals surface area contributed by atoms with E-state index in [4.69, 9.17) is 4.74 Å². The number of ether oxygens (including phenoxy) is 1. The van der Waals surface area contributed by atoms with Crippen molar-refractivity contribution in [2.45, 2.75) is 38.8 Å². The van der Waals surface area contributed by atoms with Gasteiger partial charge in [0.05, 0.1) is 12.7 Å². The minimum Gasteiger partial charge on any atom is -0.374 e. The van der Waals surface area contributed by atoms with Crippen LogP contribution >= 0.6 is 0 Å². The van der Waals surface area contributed by atoms with Crippen molar-refractivity contribution in [1.29, 1.82) is 0 Å². The topological polar surface area (TPSA) is 33.3 Å². The molecule has 0 saturated carbocycles. The number of hydrogen-bond acceptors (Lipinski definition) is 3. The maximum absolute atomic E-state index is 5.66. The number of benzene rings is 1. The zero-order chi connectivity index (χ0) is 13.5. The molecule has 1 fully saturated rings. The Balaban J connectivity index is 1.73. The zero-order valence-corrected chi connectivity index (χ0v) is 12.1. The van der Waals surface area contributed by atoms with Crippen LogP contribution in [0.5, 0.6) is 0 Å². The third-order valence-electron chi connectivity index (χ3n) is 3.87. The minimum absolute atomic E-state index is 0.313. The van der Waals surface area contributed by atoms with Gasteiger partial charge in [-0.3, -0.25) is 0 Å². The average molecular weight is 262 g/mol. The van der Waals surface area contributed by atoms with Crippen LogP contribution in [-0.2, 0) is 11.3 Å². The highest BCUT2D eigenvalue weighted by Crippen LogP contribution is 2.18. The van der Waals surface area contributed by atoms with E-state index in [1.54, 1.807) is 0 Å². The fourth-order valence-electron chi connectivity index (χ4n) is 2.33. The van der Waals surface area contributed by atoms with Crippen molar-refractivity contribution in [1.82, 2.24) is 10.6 Å². The zero-order valence-electron chi connectivity index (χ0n) is 12.1. The van der Waals surface area contributed by atoms with E-state index in [1.165, 1.54) is 17.5 Å². The van der Waals surface area contributed by atoms with E-state index in [0.29, 0.717) is 12.0 Å². The molecule has 2 rings (SSSR count). The smallest absolute Gasteiger partial charge is 0.0824 e. The van der Waals surface area contributed by atoms with Gasteiger partial charge in [0, 0.05) is 26.2 Å². The van der Waals surface area contributed by atoms with Crippen LogP contribution in [0.2, 0.25) is 0 Å². The highest BCUT2D eigenvalue weighted by Gasteiger charge is 2.12. The second kappa shape index (κ2) is 7.63. The van der Waals surface area contributed by atoms with Gasteiger partial charge >= 0.3 is 0 Å². The second-order valence-corrected chi connectivity index (χ2v) is 5.38. The van der Waals surface area contributed by atoms with Gasteiger partial charge in [-0.1, -0.05) is 38.1 Å². The minimum atomic E-state index is 0.313. The first-order chi connectivity index (χ1) is 9.29. The van der Waals surface area contributed by atoms with Gasteiger partial charge in [0.25, 0.3) is 0 Å². The molecule has 0 radical (unpaired) electrons. The molecule has 0 amide bonds. The van der Waals surface area contributed by atoms with Crippen molar-refractivity contribution in [3.8, 4) is 0 Å². The van der Waals surface area contributed by atoms with E-state index in [9.17, 15) is 0 Å². The third-order valence-corrected chi connectivity index (χ3v) is 3.87. The van der Waals surface area contributed by atoms with Crippen molar-refractivity contribution in [3.63, 3.8) is 0 Å². The van der Waals surface area contributed by atoms with Gasteiger partial charge in [-0.15, -0.1) is 0 Å². The largest absolute Gasteiger partial charge is 0.374 e. The lowest BCUT2D eigenvalue weighted by molar-refractivity contribution is 0.0290. The number of nitrogens with one attached hydrogen (secondary N) is 2. The van der Waals surface area contributed by atoms with E-state index in [2.05, 4.69) is 48.7 Å². The molecule has 1 aromatic carbocycles. The Morgan fingerprint density at radius 3 is 2.79 bits per heavy atom. The molecule has 19 heavy (non-hydrogen) atoms. The fraction of sp³-hybridized carbons (Fsp3) is 0.625. The third kappa shape index (κ3) is 4.60. The summed E-state index contributed by atoms with van der Waals surface area (Å²) in [6, 6.07) is 8.97. The van der Waals surface area contributed by atoms with Crippen LogP contribution in [-0.4, -0.2) is 32.3 Å². The molecule has 0 bridgehead atoms. The molecule has 2 atom stereocenters. The molecule has 0 aliphatic carbocycles. The van der Waals surface area contributed by atoms with Gasteiger partial charge in [-0.2, -0.15) is 0 Å². The monoisotopic (exact) mass is 262 g/mol. The first kappa shape index (κ1) is 14.5. The molecule has 0 spiro atoms. The predicted molar refractivity (Wildman–Crippen MR) is 79.5 cm³/mol. The summed E-state index contributed by atoms with van der Waals surface area (Å²) >= 11 is 0. The maximum atomic E-state index is 5.66. The van der Waals surface area contributed by atoms with Crippen LogP contribution in [0.3, 0.4) is 0 Å². The van der Waals surface area contributed by atoms with Crippen LogP contribution in [0, 0.1) is 0 Å². The molecule has 1 aromatic rings. The van der Waals surface area contributed by atoms with Gasteiger partial charge in [0.2, 0.25) is 0 Å². The van der Waals surface area contributed by atoms with Crippen molar-refractivity contribution >= 4 is 0 Å². The summed E-state index contributed by atoms with van der Waals surface area (Å²) in [7, 11) is 0. The summed E-state index contributed by atoms with van der Waals surface area (Å²) in [5.74, 6) is 0.656. The molecule has 3 nitrogen and oxygen atoms in total. The lowest BCUT2D eigenvalue weighted by atomic mass is 9.98. The van der Waals surface area contributed by atoms with E-state index in [1.807, 2.05) is 0 Å². The molecular formula is C16H26N2O. The van der Waals surface area contributed by atoms with Crippen LogP contribution in [0.1, 0.15) is 37.3 Å². The van der Waals surface area contributed by atoms with Crippen molar-refractivity contribution < 1.29 is 4.74 Å². The van der Waals surface area contributed by atoms with E-state index >= 15 is 0 Å². The first-order valence-corrected chi connectivity index (χ1v) is 7.41. The number of rotatable bonds is 6. The molecule has 1 aliphatic heterocycles. The Morgan fingerprint density at radius 1 is 1.37 bits per heavy atom. The number of hydrogen-bond donors (Lipinski definition) is 2. The summed E-state index contributed by atoms with van der Waals surface area (Å²) < 4.78 is 5.66. The quantitative estimate of drug-likeness (QED) is 0.825.